The van der Waals surface area contributed by atoms with Gasteiger partial charge in [-0.05, 0) is 30.4 Å². The van der Waals surface area contributed by atoms with Crippen LogP contribution >= 0.6 is 11.5 Å². The second-order valence-corrected chi connectivity index (χ2v) is 4.59. The lowest BCUT2D eigenvalue weighted by molar-refractivity contribution is 0.0906. The second kappa shape index (κ2) is 4.83. The molecule has 2 rings (SSSR count). The second-order valence-electron chi connectivity index (χ2n) is 3.92. The van der Waals surface area contributed by atoms with Crippen LogP contribution in [0.4, 0.5) is 0 Å². The Hall–Kier alpha value is -0.780. The lowest BCUT2D eigenvalue weighted by Gasteiger charge is -2.29. The van der Waals surface area contributed by atoms with E-state index in [9.17, 15) is 4.79 Å². The van der Waals surface area contributed by atoms with Crippen LogP contribution in [0.25, 0.3) is 0 Å². The van der Waals surface area contributed by atoms with Gasteiger partial charge < -0.3 is 5.73 Å². The number of piperidine rings is 1. The number of nitrogens with two attached hydrogens (primary N) is 1. The number of hydrogen-bond acceptors (Lipinski definition) is 5. The fraction of sp³-hybridized carbons (Fsp3) is 0.600. The van der Waals surface area contributed by atoms with Gasteiger partial charge in [-0.25, -0.2) is 0 Å². The van der Waals surface area contributed by atoms with Crippen molar-refractivity contribution in [2.24, 2.45) is 5.73 Å². The first kappa shape index (κ1) is 10.7. The number of ketones is 1. The van der Waals surface area contributed by atoms with Crippen LogP contribution in [0, 0.1) is 0 Å². The van der Waals surface area contributed by atoms with Crippen LogP contribution in [0.3, 0.4) is 0 Å². The molecule has 1 fully saturated rings. The third kappa shape index (κ3) is 2.84. The smallest absolute Gasteiger partial charge is 0.196 e. The van der Waals surface area contributed by atoms with Gasteiger partial charge >= 0.3 is 0 Å². The zero-order valence-corrected chi connectivity index (χ0v) is 9.37. The molecule has 0 aromatic carbocycles. The maximum Gasteiger partial charge on any atom is 0.196 e. The molecule has 0 amide bonds. The van der Waals surface area contributed by atoms with Crippen molar-refractivity contribution in [3.8, 4) is 0 Å². The van der Waals surface area contributed by atoms with Crippen molar-refractivity contribution in [1.82, 2.24) is 9.27 Å². The highest BCUT2D eigenvalue weighted by Gasteiger charge is 2.19. The van der Waals surface area contributed by atoms with E-state index in [4.69, 9.17) is 5.73 Å². The van der Waals surface area contributed by atoms with Crippen LogP contribution in [0.15, 0.2) is 11.4 Å². The average Bonchev–Trinajstić information content (AvgIpc) is 2.74. The van der Waals surface area contributed by atoms with Crippen molar-refractivity contribution in [3.05, 3.63) is 17.1 Å². The molecule has 15 heavy (non-hydrogen) atoms. The summed E-state index contributed by atoms with van der Waals surface area (Å²) in [5.41, 5.74) is 6.39. The van der Waals surface area contributed by atoms with Gasteiger partial charge in [-0.1, -0.05) is 0 Å². The van der Waals surface area contributed by atoms with Gasteiger partial charge in [0.15, 0.2) is 5.78 Å². The van der Waals surface area contributed by atoms with Gasteiger partial charge in [0.05, 0.1) is 6.54 Å². The van der Waals surface area contributed by atoms with E-state index < -0.39 is 0 Å². The summed E-state index contributed by atoms with van der Waals surface area (Å²) >= 11 is 1.32. The molecule has 2 heterocycles. The first-order valence-corrected chi connectivity index (χ1v) is 6.01. The van der Waals surface area contributed by atoms with Crippen LogP contribution in [-0.4, -0.2) is 40.7 Å². The molecule has 1 aliphatic heterocycles. The van der Waals surface area contributed by atoms with Gasteiger partial charge in [0, 0.05) is 24.5 Å². The van der Waals surface area contributed by atoms with Gasteiger partial charge in [0.25, 0.3) is 0 Å². The van der Waals surface area contributed by atoms with Gasteiger partial charge in [0.2, 0.25) is 0 Å². The lowest BCUT2D eigenvalue weighted by Crippen LogP contribution is -2.41. The summed E-state index contributed by atoms with van der Waals surface area (Å²) in [7, 11) is 0. The van der Waals surface area contributed by atoms with Gasteiger partial charge in [-0.3, -0.25) is 9.69 Å². The summed E-state index contributed by atoms with van der Waals surface area (Å²) in [4.78, 5) is 13.9. The van der Waals surface area contributed by atoms with Gasteiger partial charge in [0.1, 0.15) is 5.69 Å². The van der Waals surface area contributed by atoms with Crippen LogP contribution in [0.1, 0.15) is 23.3 Å². The van der Waals surface area contributed by atoms with Crippen molar-refractivity contribution in [2.45, 2.75) is 18.9 Å². The topological polar surface area (TPSA) is 59.2 Å². The summed E-state index contributed by atoms with van der Waals surface area (Å²) in [5, 5.41) is 1.83. The van der Waals surface area contributed by atoms with Gasteiger partial charge in [-0.15, -0.1) is 0 Å². The summed E-state index contributed by atoms with van der Waals surface area (Å²) in [6.07, 6.45) is 1.98. The van der Waals surface area contributed by atoms with Crippen molar-refractivity contribution in [3.63, 3.8) is 0 Å². The zero-order valence-electron chi connectivity index (χ0n) is 8.56. The first-order chi connectivity index (χ1) is 7.25. The lowest BCUT2D eigenvalue weighted by atomic mass is 10.1. The number of likely N-dealkylation sites (tertiary alicyclic amines) is 1. The van der Waals surface area contributed by atoms with E-state index in [1.54, 1.807) is 6.07 Å². The van der Waals surface area contributed by atoms with E-state index in [0.29, 0.717) is 18.3 Å². The number of nitrogens with zero attached hydrogens (tertiary/aromatic N) is 2. The van der Waals surface area contributed by atoms with Crippen molar-refractivity contribution >= 4 is 17.3 Å². The number of Topliss-reactive ketones (excluding diaryl/α,β-unsaturated/α-hetero) is 1. The Labute approximate surface area is 93.2 Å². The van der Waals surface area contributed by atoms with Crippen LogP contribution in [0.5, 0.6) is 0 Å². The van der Waals surface area contributed by atoms with E-state index in [0.717, 1.165) is 25.9 Å². The Morgan fingerprint density at radius 2 is 2.33 bits per heavy atom. The largest absolute Gasteiger partial charge is 0.328 e. The minimum absolute atomic E-state index is 0.117. The number of hydrogen-bond donors (Lipinski definition) is 1. The average molecular weight is 225 g/mol. The van der Waals surface area contributed by atoms with Crippen LogP contribution in [-0.2, 0) is 0 Å². The molecule has 0 bridgehead atoms. The maximum absolute atomic E-state index is 11.7. The van der Waals surface area contributed by atoms with Crippen LogP contribution < -0.4 is 5.73 Å². The normalized spacial score (nSPS) is 19.3. The minimum Gasteiger partial charge on any atom is -0.328 e. The zero-order chi connectivity index (χ0) is 10.7. The number of rotatable bonds is 3. The molecular formula is C10H15N3OS. The molecule has 2 N–H and O–H groups in total. The predicted molar refractivity (Wildman–Crippen MR) is 60.1 cm³/mol. The standard InChI is InChI=1S/C10H15N3OS/c11-8-1-4-13(5-2-8)7-10(14)9-3-6-15-12-9/h3,6,8H,1-2,4-5,7,11H2. The summed E-state index contributed by atoms with van der Waals surface area (Å²) in [6.45, 7) is 2.34. The first-order valence-electron chi connectivity index (χ1n) is 5.17. The number of aromatic nitrogens is 1. The fourth-order valence-electron chi connectivity index (χ4n) is 1.75. The maximum atomic E-state index is 11.7. The Morgan fingerprint density at radius 1 is 1.60 bits per heavy atom. The van der Waals surface area contributed by atoms with E-state index in [1.807, 2.05) is 5.38 Å². The monoisotopic (exact) mass is 225 g/mol. The third-order valence-electron chi connectivity index (χ3n) is 2.72. The highest BCUT2D eigenvalue weighted by molar-refractivity contribution is 7.03. The number of carbonyl (C=O) groups is 1. The molecule has 1 aromatic rings. The van der Waals surface area contributed by atoms with E-state index in [1.165, 1.54) is 11.5 Å². The SMILES string of the molecule is NC1CCN(CC(=O)c2ccsn2)CC1. The Balaban J connectivity index is 1.85. The molecule has 0 aliphatic carbocycles. The predicted octanol–water partition coefficient (Wildman–Crippen LogP) is 0.749. The molecule has 1 saturated heterocycles. The van der Waals surface area contributed by atoms with E-state index in [2.05, 4.69) is 9.27 Å². The Morgan fingerprint density at radius 3 is 2.93 bits per heavy atom. The van der Waals surface area contributed by atoms with E-state index >= 15 is 0 Å². The summed E-state index contributed by atoms with van der Waals surface area (Å²) in [6, 6.07) is 2.10. The van der Waals surface area contributed by atoms with Crippen molar-refractivity contribution in [1.29, 1.82) is 0 Å². The fourth-order valence-corrected chi connectivity index (χ4v) is 2.28. The third-order valence-corrected chi connectivity index (χ3v) is 3.28. The molecule has 0 unspecified atom stereocenters. The quantitative estimate of drug-likeness (QED) is 0.771. The molecule has 5 heteroatoms. The number of carbonyl (C=O) groups excluding carboxylic acids is 1. The molecule has 0 radical (unpaired) electrons. The molecule has 0 saturated carbocycles. The molecule has 1 aliphatic rings. The van der Waals surface area contributed by atoms with Crippen LogP contribution in [0.2, 0.25) is 0 Å². The summed E-state index contributed by atoms with van der Waals surface area (Å²) < 4.78 is 4.04. The molecule has 0 atom stereocenters. The molecule has 4 nitrogen and oxygen atoms in total. The highest BCUT2D eigenvalue weighted by Crippen LogP contribution is 2.09. The van der Waals surface area contributed by atoms with E-state index in [-0.39, 0.29) is 5.78 Å². The summed E-state index contributed by atoms with van der Waals surface area (Å²) in [5.74, 6) is 0.117. The van der Waals surface area contributed by atoms with Crippen molar-refractivity contribution < 1.29 is 4.79 Å². The molecule has 0 spiro atoms. The Kier molecular flexibility index (Phi) is 3.45. The van der Waals surface area contributed by atoms with Crippen molar-refractivity contribution in [2.75, 3.05) is 19.6 Å². The Bertz CT molecular complexity index is 317. The molecular weight excluding hydrogens is 210 g/mol. The highest BCUT2D eigenvalue weighted by atomic mass is 32.1. The molecule has 82 valence electrons. The molecule has 1 aromatic heterocycles. The minimum atomic E-state index is 0.117. The van der Waals surface area contributed by atoms with Gasteiger partial charge in [-0.2, -0.15) is 4.37 Å².